The highest BCUT2D eigenvalue weighted by Gasteiger charge is 1.99. The molecule has 0 aromatic carbocycles. The summed E-state index contributed by atoms with van der Waals surface area (Å²) in [5.41, 5.74) is 0. The molecule has 24 heavy (non-hydrogen) atoms. The lowest BCUT2D eigenvalue weighted by atomic mass is 10.0. The lowest BCUT2D eigenvalue weighted by molar-refractivity contribution is 0.144. The first-order valence-electron chi connectivity index (χ1n) is 10.3. The number of ether oxygens (including phenoxy) is 1. The second-order valence-electron chi connectivity index (χ2n) is 6.74. The highest BCUT2D eigenvalue weighted by Crippen LogP contribution is 2.13. The smallest absolute Gasteiger partial charge is 0.407 e. The van der Waals surface area contributed by atoms with E-state index in [9.17, 15) is 4.79 Å². The summed E-state index contributed by atoms with van der Waals surface area (Å²) in [6.07, 6.45) is 19.3. The van der Waals surface area contributed by atoms with Gasteiger partial charge in [-0.15, -0.1) is 0 Å². The molecular weight excluding hydrogens is 318 g/mol. The second-order valence-corrected chi connectivity index (χ2v) is 7.18. The van der Waals surface area contributed by atoms with E-state index in [-0.39, 0.29) is 6.09 Å². The molecule has 0 aromatic rings. The first-order valence-corrected chi connectivity index (χ1v) is 11.0. The van der Waals surface area contributed by atoms with Crippen molar-refractivity contribution in [3.63, 3.8) is 0 Å². The molecule has 0 saturated heterocycles. The van der Waals surface area contributed by atoms with Crippen LogP contribution in [0, 0.1) is 0 Å². The largest absolute Gasteiger partial charge is 0.450 e. The van der Waals surface area contributed by atoms with Crippen LogP contribution in [0.15, 0.2) is 0 Å². The van der Waals surface area contributed by atoms with Gasteiger partial charge in [-0.3, -0.25) is 0 Å². The van der Waals surface area contributed by atoms with E-state index < -0.39 is 0 Å². The molecule has 0 spiro atoms. The van der Waals surface area contributed by atoms with Crippen LogP contribution in [0.25, 0.3) is 0 Å². The Hall–Kier alpha value is -0.380. The summed E-state index contributed by atoms with van der Waals surface area (Å²) in [6, 6.07) is 0. The molecule has 4 heteroatoms. The molecule has 1 amide bonds. The van der Waals surface area contributed by atoms with Crippen LogP contribution in [0.1, 0.15) is 103 Å². The number of thiol groups is 1. The van der Waals surface area contributed by atoms with Gasteiger partial charge in [0.15, 0.2) is 0 Å². The number of hydrogen-bond donors (Lipinski definition) is 2. The standard InChI is InChI=1S/C20H41NO2S/c1-2-17-21-20(22)23-18-15-13-11-9-7-5-3-4-6-8-10-12-14-16-19-24/h24H,2-19H2,1H3,(H,21,22). The van der Waals surface area contributed by atoms with Crippen LogP contribution in [0.2, 0.25) is 0 Å². The average Bonchev–Trinajstić information content (AvgIpc) is 2.59. The fourth-order valence-corrected chi connectivity index (χ4v) is 3.00. The van der Waals surface area contributed by atoms with E-state index in [2.05, 4.69) is 17.9 Å². The fraction of sp³-hybridized carbons (Fsp3) is 0.950. The van der Waals surface area contributed by atoms with Crippen LogP contribution < -0.4 is 5.32 Å². The Balaban J connectivity index is 3.04. The molecule has 0 bridgehead atoms. The van der Waals surface area contributed by atoms with Gasteiger partial charge in [0.1, 0.15) is 0 Å². The predicted octanol–water partition coefficient (Wildman–Crippen LogP) is 6.51. The van der Waals surface area contributed by atoms with Crippen LogP contribution >= 0.6 is 12.6 Å². The van der Waals surface area contributed by atoms with Gasteiger partial charge < -0.3 is 10.1 Å². The van der Waals surface area contributed by atoms with E-state index in [1.54, 1.807) is 0 Å². The monoisotopic (exact) mass is 359 g/mol. The van der Waals surface area contributed by atoms with Crippen molar-refractivity contribution in [2.24, 2.45) is 0 Å². The molecule has 0 radical (unpaired) electrons. The van der Waals surface area contributed by atoms with E-state index in [0.29, 0.717) is 13.2 Å². The number of rotatable bonds is 18. The van der Waals surface area contributed by atoms with Crippen molar-refractivity contribution in [3.05, 3.63) is 0 Å². The molecule has 0 heterocycles. The van der Waals surface area contributed by atoms with E-state index in [0.717, 1.165) is 18.6 Å². The van der Waals surface area contributed by atoms with Gasteiger partial charge in [0, 0.05) is 6.54 Å². The van der Waals surface area contributed by atoms with Crippen molar-refractivity contribution in [1.29, 1.82) is 0 Å². The maximum absolute atomic E-state index is 11.2. The van der Waals surface area contributed by atoms with E-state index in [1.165, 1.54) is 83.5 Å². The van der Waals surface area contributed by atoms with Crippen molar-refractivity contribution in [2.45, 2.75) is 103 Å². The van der Waals surface area contributed by atoms with Gasteiger partial charge in [-0.2, -0.15) is 12.6 Å². The molecular formula is C20H41NO2S. The highest BCUT2D eigenvalue weighted by atomic mass is 32.1. The fourth-order valence-electron chi connectivity index (χ4n) is 2.78. The van der Waals surface area contributed by atoms with Crippen LogP contribution in [0.3, 0.4) is 0 Å². The Morgan fingerprint density at radius 1 is 0.750 bits per heavy atom. The Labute approximate surface area is 156 Å². The van der Waals surface area contributed by atoms with Crippen LogP contribution in [0.4, 0.5) is 4.79 Å². The zero-order valence-electron chi connectivity index (χ0n) is 16.0. The summed E-state index contributed by atoms with van der Waals surface area (Å²) < 4.78 is 5.10. The van der Waals surface area contributed by atoms with Crippen LogP contribution in [0.5, 0.6) is 0 Å². The first-order chi connectivity index (χ1) is 11.8. The van der Waals surface area contributed by atoms with Gasteiger partial charge in [-0.25, -0.2) is 4.79 Å². The second kappa shape index (κ2) is 20.7. The SMILES string of the molecule is CCCNC(=O)OCCCCCCCCCCCCCCCCS. The highest BCUT2D eigenvalue weighted by molar-refractivity contribution is 7.80. The number of alkyl carbamates (subject to hydrolysis) is 1. The molecule has 0 aromatic heterocycles. The summed E-state index contributed by atoms with van der Waals surface area (Å²) in [6.45, 7) is 3.30. The van der Waals surface area contributed by atoms with Crippen LogP contribution in [-0.2, 0) is 4.74 Å². The zero-order valence-corrected chi connectivity index (χ0v) is 16.9. The third-order valence-electron chi connectivity index (χ3n) is 4.30. The molecule has 0 aliphatic heterocycles. The Morgan fingerprint density at radius 3 is 1.58 bits per heavy atom. The number of unbranched alkanes of at least 4 members (excludes halogenated alkanes) is 13. The Kier molecular flexibility index (Phi) is 20.3. The minimum Gasteiger partial charge on any atom is -0.450 e. The summed E-state index contributed by atoms with van der Waals surface area (Å²) in [7, 11) is 0. The first kappa shape index (κ1) is 23.6. The third-order valence-corrected chi connectivity index (χ3v) is 4.62. The van der Waals surface area contributed by atoms with Crippen molar-refractivity contribution >= 4 is 18.7 Å². The summed E-state index contributed by atoms with van der Waals surface area (Å²) in [4.78, 5) is 11.2. The number of nitrogens with one attached hydrogen (secondary N) is 1. The summed E-state index contributed by atoms with van der Waals surface area (Å²) in [5.74, 6) is 1.04. The minimum absolute atomic E-state index is 0.265. The van der Waals surface area contributed by atoms with Crippen LogP contribution in [-0.4, -0.2) is 25.0 Å². The molecule has 144 valence electrons. The lowest BCUT2D eigenvalue weighted by Crippen LogP contribution is -2.25. The number of amides is 1. The maximum atomic E-state index is 11.2. The van der Waals surface area contributed by atoms with Crippen molar-refractivity contribution in [2.75, 3.05) is 18.9 Å². The molecule has 1 N–H and O–H groups in total. The van der Waals surface area contributed by atoms with Gasteiger partial charge in [-0.05, 0) is 25.0 Å². The normalized spacial score (nSPS) is 10.8. The van der Waals surface area contributed by atoms with Gasteiger partial charge >= 0.3 is 6.09 Å². The molecule has 3 nitrogen and oxygen atoms in total. The molecule has 0 aliphatic carbocycles. The number of hydrogen-bond acceptors (Lipinski definition) is 3. The zero-order chi connectivity index (χ0) is 17.7. The van der Waals surface area contributed by atoms with Gasteiger partial charge in [0.05, 0.1) is 6.61 Å². The molecule has 0 atom stereocenters. The Morgan fingerprint density at radius 2 is 1.17 bits per heavy atom. The molecule has 0 rings (SSSR count). The van der Waals surface area contributed by atoms with Crippen molar-refractivity contribution in [3.8, 4) is 0 Å². The topological polar surface area (TPSA) is 38.3 Å². The summed E-state index contributed by atoms with van der Waals surface area (Å²) >= 11 is 4.24. The molecule has 0 fully saturated rings. The molecule has 0 aliphatic rings. The molecule has 0 saturated carbocycles. The van der Waals surface area contributed by atoms with Crippen molar-refractivity contribution < 1.29 is 9.53 Å². The van der Waals surface area contributed by atoms with E-state index in [1.807, 2.05) is 6.92 Å². The van der Waals surface area contributed by atoms with Crippen molar-refractivity contribution in [1.82, 2.24) is 5.32 Å². The predicted molar refractivity (Wildman–Crippen MR) is 108 cm³/mol. The van der Waals surface area contributed by atoms with Gasteiger partial charge in [0.25, 0.3) is 0 Å². The lowest BCUT2D eigenvalue weighted by Gasteiger charge is -2.06. The molecule has 0 unspecified atom stereocenters. The van der Waals surface area contributed by atoms with E-state index in [4.69, 9.17) is 4.74 Å². The number of carbonyl (C=O) groups excluding carboxylic acids is 1. The third kappa shape index (κ3) is 19.7. The maximum Gasteiger partial charge on any atom is 0.407 e. The Bertz CT molecular complexity index is 262. The minimum atomic E-state index is -0.265. The van der Waals surface area contributed by atoms with Gasteiger partial charge in [0.2, 0.25) is 0 Å². The quantitative estimate of drug-likeness (QED) is 0.216. The summed E-state index contributed by atoms with van der Waals surface area (Å²) in [5, 5.41) is 2.72. The van der Waals surface area contributed by atoms with Gasteiger partial charge in [-0.1, -0.05) is 84.0 Å². The average molecular weight is 360 g/mol. The van der Waals surface area contributed by atoms with E-state index >= 15 is 0 Å². The number of carbonyl (C=O) groups is 1.